The number of nitrogens with zero attached hydrogens (tertiary/aromatic N) is 3. The van der Waals surface area contributed by atoms with Gasteiger partial charge in [0.05, 0.1) is 10.0 Å². The Bertz CT molecular complexity index is 920. The Morgan fingerprint density at radius 1 is 1.16 bits per heavy atom. The molecule has 0 spiro atoms. The first kappa shape index (κ1) is 18.3. The van der Waals surface area contributed by atoms with Crippen molar-refractivity contribution in [2.45, 2.75) is 30.6 Å². The molecule has 1 aliphatic carbocycles. The molecule has 1 aliphatic rings. The van der Waals surface area contributed by atoms with E-state index in [0.717, 1.165) is 17.5 Å². The molecule has 0 amide bonds. The minimum Gasteiger partial charge on any atom is -0.233 e. The van der Waals surface area contributed by atoms with Gasteiger partial charge in [0.1, 0.15) is 16.7 Å². The number of halogens is 7. The molecule has 11 heteroatoms. The zero-order valence-electron chi connectivity index (χ0n) is 12.5. The Morgan fingerprint density at radius 3 is 2.08 bits per heavy atom. The maximum Gasteiger partial charge on any atom is 0.310 e. The highest BCUT2D eigenvalue weighted by Crippen LogP contribution is 3.02. The van der Waals surface area contributed by atoms with Gasteiger partial charge >= 0.3 is 10.2 Å². The topological polar surface area (TPSA) is 41.6 Å². The molecule has 2 aromatic rings. The summed E-state index contributed by atoms with van der Waals surface area (Å²) in [4.78, 5) is -2.17. The smallest absolute Gasteiger partial charge is 0.233 e. The predicted molar refractivity (Wildman–Crippen MR) is 86.4 cm³/mol. The zero-order valence-corrected chi connectivity index (χ0v) is 14.9. The van der Waals surface area contributed by atoms with Gasteiger partial charge in [0, 0.05) is 11.3 Å². The third-order valence-electron chi connectivity index (χ3n) is 3.90. The van der Waals surface area contributed by atoms with Crippen molar-refractivity contribution in [3.63, 3.8) is 0 Å². The zero-order chi connectivity index (χ0) is 18.8. The average molecular weight is 418 g/mol. The van der Waals surface area contributed by atoms with Gasteiger partial charge < -0.3 is 0 Å². The Hall–Kier alpha value is -1.50. The highest BCUT2D eigenvalue weighted by Gasteiger charge is 2.65. The third kappa shape index (κ3) is 3.30. The quantitative estimate of drug-likeness (QED) is 0.509. The third-order valence-corrected chi connectivity index (χ3v) is 5.60. The molecule has 1 fully saturated rings. The molecule has 0 aliphatic heterocycles. The lowest BCUT2D eigenvalue weighted by atomic mass is 10.1. The molecular formula is C14H10Cl2F5N3S. The molecule has 1 heterocycles. The van der Waals surface area contributed by atoms with Gasteiger partial charge in [-0.05, 0) is 37.8 Å². The summed E-state index contributed by atoms with van der Waals surface area (Å²) in [5, 5.41) is 12.0. The van der Waals surface area contributed by atoms with E-state index in [1.165, 1.54) is 0 Å². The van der Waals surface area contributed by atoms with Crippen LogP contribution in [-0.2, 0) is 0 Å². The van der Waals surface area contributed by atoms with E-state index in [0.29, 0.717) is 11.3 Å². The SMILES string of the molecule is Cc1c(C2CC2)c(C#N)nn1-c1c(Cl)cc(S(F)(F)(F)(F)F)cc1Cl. The van der Waals surface area contributed by atoms with Crippen LogP contribution in [0.5, 0.6) is 0 Å². The molecule has 1 aromatic heterocycles. The van der Waals surface area contributed by atoms with Gasteiger partial charge in [-0.15, -0.1) is 0 Å². The first-order valence-electron chi connectivity index (χ1n) is 6.96. The maximum atomic E-state index is 13.0. The normalized spacial score (nSPS) is 17.7. The first-order chi connectivity index (χ1) is 11.2. The lowest BCUT2D eigenvalue weighted by molar-refractivity contribution is 0.364. The second-order valence-corrected chi connectivity index (χ2v) is 9.07. The van der Waals surface area contributed by atoms with E-state index < -0.39 is 25.2 Å². The van der Waals surface area contributed by atoms with Gasteiger partial charge in [-0.25, -0.2) is 4.68 Å². The van der Waals surface area contributed by atoms with Crippen LogP contribution < -0.4 is 0 Å². The molecule has 0 radical (unpaired) electrons. The molecule has 0 bridgehead atoms. The van der Waals surface area contributed by atoms with Crippen LogP contribution in [0.2, 0.25) is 10.0 Å². The number of rotatable bonds is 3. The van der Waals surface area contributed by atoms with Crippen molar-refractivity contribution < 1.29 is 19.4 Å². The minimum atomic E-state index is -9.92. The van der Waals surface area contributed by atoms with Crippen LogP contribution in [0, 0.1) is 18.3 Å². The molecule has 3 rings (SSSR count). The molecule has 3 nitrogen and oxygen atoms in total. The summed E-state index contributed by atoms with van der Waals surface area (Å²) < 4.78 is 66.0. The van der Waals surface area contributed by atoms with Crippen molar-refractivity contribution in [3.8, 4) is 11.8 Å². The Morgan fingerprint density at radius 2 is 1.68 bits per heavy atom. The molecule has 0 N–H and O–H groups in total. The Balaban J connectivity index is 2.23. The molecule has 0 unspecified atom stereocenters. The summed E-state index contributed by atoms with van der Waals surface area (Å²) in [6.07, 6.45) is 1.73. The van der Waals surface area contributed by atoms with E-state index in [4.69, 9.17) is 23.2 Å². The van der Waals surface area contributed by atoms with Crippen molar-refractivity contribution in [1.29, 1.82) is 5.26 Å². The molecule has 0 saturated heterocycles. The fourth-order valence-electron chi connectivity index (χ4n) is 2.64. The fourth-order valence-corrected chi connectivity index (χ4v) is 4.10. The molecule has 1 saturated carbocycles. The summed E-state index contributed by atoms with van der Waals surface area (Å²) in [7, 11) is -9.92. The number of hydrogen-bond donors (Lipinski definition) is 0. The average Bonchev–Trinajstić information content (AvgIpc) is 3.21. The summed E-state index contributed by atoms with van der Waals surface area (Å²) >= 11 is 11.7. The van der Waals surface area contributed by atoms with Crippen molar-refractivity contribution in [2.75, 3.05) is 0 Å². The van der Waals surface area contributed by atoms with Crippen LogP contribution >= 0.6 is 33.4 Å². The minimum absolute atomic E-state index is 0.115. The Labute approximate surface area is 149 Å². The lowest BCUT2D eigenvalue weighted by Gasteiger charge is -2.40. The summed E-state index contributed by atoms with van der Waals surface area (Å²) in [6, 6.07) is 2.19. The number of aromatic nitrogens is 2. The number of nitriles is 1. The van der Waals surface area contributed by atoms with Crippen LogP contribution in [-0.4, -0.2) is 9.78 Å². The van der Waals surface area contributed by atoms with Crippen molar-refractivity contribution in [1.82, 2.24) is 9.78 Å². The van der Waals surface area contributed by atoms with Crippen LogP contribution in [0.25, 0.3) is 5.69 Å². The monoisotopic (exact) mass is 417 g/mol. The van der Waals surface area contributed by atoms with E-state index in [1.54, 1.807) is 6.92 Å². The van der Waals surface area contributed by atoms with E-state index in [1.807, 2.05) is 6.07 Å². The lowest BCUT2D eigenvalue weighted by Crippen LogP contribution is -2.08. The molecule has 1 aromatic carbocycles. The van der Waals surface area contributed by atoms with Crippen molar-refractivity contribution in [3.05, 3.63) is 39.1 Å². The maximum absolute atomic E-state index is 13.0. The first-order valence-corrected chi connectivity index (χ1v) is 9.67. The van der Waals surface area contributed by atoms with Gasteiger partial charge in [-0.1, -0.05) is 42.6 Å². The van der Waals surface area contributed by atoms with Gasteiger partial charge in [-0.2, -0.15) is 10.4 Å². The van der Waals surface area contributed by atoms with Crippen LogP contribution in [0.4, 0.5) is 19.4 Å². The van der Waals surface area contributed by atoms with Gasteiger partial charge in [0.2, 0.25) is 0 Å². The van der Waals surface area contributed by atoms with Gasteiger partial charge in [-0.3, -0.25) is 0 Å². The largest absolute Gasteiger partial charge is 0.310 e. The van der Waals surface area contributed by atoms with Crippen molar-refractivity contribution >= 4 is 33.4 Å². The number of benzene rings is 1. The van der Waals surface area contributed by atoms with Crippen LogP contribution in [0.3, 0.4) is 0 Å². The second kappa shape index (κ2) is 4.81. The van der Waals surface area contributed by atoms with Gasteiger partial charge in [0.25, 0.3) is 0 Å². The van der Waals surface area contributed by atoms with Crippen molar-refractivity contribution in [2.24, 2.45) is 0 Å². The predicted octanol–water partition coefficient (Wildman–Crippen LogP) is 6.89. The molecule has 136 valence electrons. The molecular weight excluding hydrogens is 408 g/mol. The van der Waals surface area contributed by atoms with Crippen LogP contribution in [0.15, 0.2) is 17.0 Å². The van der Waals surface area contributed by atoms with Gasteiger partial charge in [0.15, 0.2) is 5.69 Å². The summed E-state index contributed by atoms with van der Waals surface area (Å²) in [5.74, 6) is 0.143. The summed E-state index contributed by atoms with van der Waals surface area (Å²) in [6.45, 7) is 1.62. The Kier molecular flexibility index (Phi) is 3.52. The fraction of sp³-hybridized carbons (Fsp3) is 0.286. The van der Waals surface area contributed by atoms with Crippen LogP contribution in [0.1, 0.15) is 35.7 Å². The molecule has 25 heavy (non-hydrogen) atoms. The highest BCUT2D eigenvalue weighted by atomic mass is 35.5. The van der Waals surface area contributed by atoms with E-state index in [9.17, 15) is 24.7 Å². The highest BCUT2D eigenvalue weighted by molar-refractivity contribution is 8.45. The standard InChI is InChI=1S/C14H10Cl2F5N3S/c1-7-13(8-2-3-8)12(6-22)23-24(7)14-10(15)4-9(5-11(14)16)25(17,18,19,20)21/h4-5,8H,2-3H2,1H3. The van der Waals surface area contributed by atoms with E-state index in [2.05, 4.69) is 5.10 Å². The van der Waals surface area contributed by atoms with E-state index in [-0.39, 0.29) is 29.4 Å². The number of hydrogen-bond acceptors (Lipinski definition) is 2. The second-order valence-electron chi connectivity index (χ2n) is 5.85. The summed E-state index contributed by atoms with van der Waals surface area (Å²) in [5.41, 5.74) is 1.10. The molecule has 0 atom stereocenters. The van der Waals surface area contributed by atoms with E-state index >= 15 is 0 Å².